The molecular weight excluding hydrogens is 990 g/mol. The van der Waals surface area contributed by atoms with Crippen molar-refractivity contribution in [1.82, 2.24) is 0 Å². The molecule has 0 fully saturated rings. The molecule has 0 bridgehead atoms. The van der Waals surface area contributed by atoms with Crippen molar-refractivity contribution in [2.24, 2.45) is 0 Å². The number of phosphoric ester groups is 1. The van der Waals surface area contributed by atoms with Crippen molar-refractivity contribution in [1.29, 1.82) is 0 Å². The molecular formula is C68H124NO8P. The van der Waals surface area contributed by atoms with Crippen LogP contribution in [0.1, 0.15) is 296 Å². The number of likely N-dealkylation sites (N-methyl/N-ethyl adjacent to an activating group) is 1. The van der Waals surface area contributed by atoms with Crippen molar-refractivity contribution in [3.63, 3.8) is 0 Å². The molecule has 0 saturated heterocycles. The summed E-state index contributed by atoms with van der Waals surface area (Å²) in [6, 6.07) is 0. The molecule has 10 heteroatoms. The van der Waals surface area contributed by atoms with E-state index < -0.39 is 26.5 Å². The van der Waals surface area contributed by atoms with Crippen molar-refractivity contribution in [3.05, 3.63) is 72.9 Å². The molecule has 0 rings (SSSR count). The number of hydrogen-bond acceptors (Lipinski definition) is 8. The van der Waals surface area contributed by atoms with Crippen LogP contribution in [0.25, 0.3) is 0 Å². The average molecular weight is 1110 g/mol. The minimum absolute atomic E-state index is 0.0337. The zero-order valence-corrected chi connectivity index (χ0v) is 52.5. The number of allylic oxidation sites excluding steroid dienone is 12. The molecule has 0 saturated carbocycles. The third kappa shape index (κ3) is 62.6. The molecule has 0 aliphatic carbocycles. The summed E-state index contributed by atoms with van der Waals surface area (Å²) in [7, 11) is 1.16. The standard InChI is InChI=1S/C68H124NO8P/c1-6-8-10-12-14-16-18-20-22-24-26-28-30-32-33-34-35-37-38-40-42-44-46-48-50-52-54-56-58-60-67(70)74-64-66(65-76-78(72,73)75-63-62-69(3,4)5)77-68(71)61-59-57-55-53-51-49-47-45-43-41-39-36-31-29-27-25-23-21-19-17-15-13-11-9-7-2/h9,11,15,17,21,23-24,26-27,29,36,39,66H,6-8,10,12-14,16,18-20,22,25,28,30-35,37-38,40-65H2,1-5H3/b11-9-,17-15-,23-21-,26-24-,29-27-,39-36-. The Kier molecular flexibility index (Phi) is 57.2. The number of hydrogen-bond donors (Lipinski definition) is 0. The van der Waals surface area contributed by atoms with Crippen LogP contribution in [0.3, 0.4) is 0 Å². The molecule has 2 atom stereocenters. The summed E-state index contributed by atoms with van der Waals surface area (Å²) in [6.45, 7) is 4.15. The van der Waals surface area contributed by atoms with Gasteiger partial charge in [0.2, 0.25) is 0 Å². The number of phosphoric acid groups is 1. The molecule has 0 amide bonds. The van der Waals surface area contributed by atoms with Crippen molar-refractivity contribution in [2.45, 2.75) is 302 Å². The fourth-order valence-corrected chi connectivity index (χ4v) is 9.94. The Bertz CT molecular complexity index is 1550. The Morgan fingerprint density at radius 1 is 0.410 bits per heavy atom. The molecule has 0 aromatic heterocycles. The monoisotopic (exact) mass is 1110 g/mol. The predicted octanol–water partition coefficient (Wildman–Crippen LogP) is 20.2. The highest BCUT2D eigenvalue weighted by Gasteiger charge is 2.22. The zero-order valence-electron chi connectivity index (χ0n) is 51.6. The van der Waals surface area contributed by atoms with Gasteiger partial charge >= 0.3 is 11.9 Å². The van der Waals surface area contributed by atoms with E-state index in [4.69, 9.17) is 18.5 Å². The van der Waals surface area contributed by atoms with Gasteiger partial charge in [0.1, 0.15) is 19.8 Å². The number of esters is 2. The number of quaternary nitrogens is 1. The van der Waals surface area contributed by atoms with Crippen molar-refractivity contribution in [3.8, 4) is 0 Å². The van der Waals surface area contributed by atoms with E-state index in [1.165, 1.54) is 186 Å². The highest BCUT2D eigenvalue weighted by Crippen LogP contribution is 2.38. The Labute approximate surface area is 482 Å². The SMILES string of the molecule is CC/C=C\C/C=C\C/C=C\C/C=C\C/C=C\CCCCCCCCCCCC(=O)OC(COC(=O)CCCCCCCCCCCCCCCCCCC/C=C\CCCCCCCCCC)COP(=O)([O-])OCC[N+](C)(C)C. The largest absolute Gasteiger partial charge is 0.756 e. The number of carbonyl (C=O) groups is 2. The fourth-order valence-electron chi connectivity index (χ4n) is 9.21. The first kappa shape index (κ1) is 75.5. The van der Waals surface area contributed by atoms with Crippen molar-refractivity contribution >= 4 is 19.8 Å². The van der Waals surface area contributed by atoms with Crippen molar-refractivity contribution < 1.29 is 42.1 Å². The van der Waals surface area contributed by atoms with Crippen LogP contribution in [0.2, 0.25) is 0 Å². The van der Waals surface area contributed by atoms with Crippen LogP contribution in [-0.4, -0.2) is 70.0 Å². The molecule has 0 aromatic carbocycles. The second-order valence-corrected chi connectivity index (χ2v) is 24.5. The summed E-state index contributed by atoms with van der Waals surface area (Å²) in [5.41, 5.74) is 0. The molecule has 0 radical (unpaired) electrons. The Morgan fingerprint density at radius 2 is 0.731 bits per heavy atom. The molecule has 9 nitrogen and oxygen atoms in total. The molecule has 0 heterocycles. The number of rotatable bonds is 60. The third-order valence-corrected chi connectivity index (χ3v) is 15.2. The van der Waals surface area contributed by atoms with Gasteiger partial charge in [0.25, 0.3) is 7.82 Å². The normalized spacial score (nSPS) is 13.7. The maximum absolute atomic E-state index is 12.8. The zero-order chi connectivity index (χ0) is 57.0. The van der Waals surface area contributed by atoms with Gasteiger partial charge in [-0.15, -0.1) is 0 Å². The van der Waals surface area contributed by atoms with E-state index >= 15 is 0 Å². The smallest absolute Gasteiger partial charge is 0.306 e. The first-order valence-corrected chi connectivity index (χ1v) is 34.1. The average Bonchev–Trinajstić information content (AvgIpc) is 3.40. The van der Waals surface area contributed by atoms with Crippen LogP contribution in [0.4, 0.5) is 0 Å². The van der Waals surface area contributed by atoms with Crippen LogP contribution in [-0.2, 0) is 32.7 Å². The summed E-state index contributed by atoms with van der Waals surface area (Å²) in [5, 5.41) is 0. The van der Waals surface area contributed by atoms with Crippen LogP contribution < -0.4 is 4.89 Å². The first-order valence-electron chi connectivity index (χ1n) is 32.6. The second kappa shape index (κ2) is 59.1. The molecule has 2 unspecified atom stereocenters. The van der Waals surface area contributed by atoms with E-state index in [9.17, 15) is 19.0 Å². The minimum atomic E-state index is -4.64. The van der Waals surface area contributed by atoms with Gasteiger partial charge in [0, 0.05) is 12.8 Å². The van der Waals surface area contributed by atoms with E-state index in [0.717, 1.165) is 77.0 Å². The van der Waals surface area contributed by atoms with E-state index in [-0.39, 0.29) is 32.0 Å². The van der Waals surface area contributed by atoms with Gasteiger partial charge < -0.3 is 27.9 Å². The van der Waals surface area contributed by atoms with Gasteiger partial charge in [-0.3, -0.25) is 14.2 Å². The molecule has 0 aromatic rings. The Morgan fingerprint density at radius 3 is 1.10 bits per heavy atom. The molecule has 0 aliphatic heterocycles. The number of ether oxygens (including phenoxy) is 2. The third-order valence-electron chi connectivity index (χ3n) is 14.2. The highest BCUT2D eigenvalue weighted by atomic mass is 31.2. The van der Waals surface area contributed by atoms with E-state index in [2.05, 4.69) is 86.8 Å². The minimum Gasteiger partial charge on any atom is -0.756 e. The molecule has 78 heavy (non-hydrogen) atoms. The number of unbranched alkanes of at least 4 members (excludes halogenated alkanes) is 34. The van der Waals surface area contributed by atoms with Crippen LogP contribution in [0.5, 0.6) is 0 Å². The summed E-state index contributed by atoms with van der Waals surface area (Å²) in [6.07, 6.45) is 78.2. The fraction of sp³-hybridized carbons (Fsp3) is 0.794. The Hall–Kier alpha value is -2.55. The van der Waals surface area contributed by atoms with Crippen LogP contribution in [0, 0.1) is 0 Å². The maximum atomic E-state index is 12.8. The lowest BCUT2D eigenvalue weighted by atomic mass is 10.0. The molecule has 0 N–H and O–H groups in total. The predicted molar refractivity (Wildman–Crippen MR) is 333 cm³/mol. The molecule has 454 valence electrons. The second-order valence-electron chi connectivity index (χ2n) is 23.1. The molecule has 0 aliphatic rings. The van der Waals surface area contributed by atoms with E-state index in [1.54, 1.807) is 0 Å². The first-order chi connectivity index (χ1) is 38.0. The number of carbonyl (C=O) groups excluding carboxylic acids is 2. The Balaban J connectivity index is 4.08. The lowest BCUT2D eigenvalue weighted by Crippen LogP contribution is -2.37. The quantitative estimate of drug-likeness (QED) is 0.0195. The van der Waals surface area contributed by atoms with Crippen LogP contribution >= 0.6 is 7.82 Å². The van der Waals surface area contributed by atoms with Gasteiger partial charge in [-0.2, -0.15) is 0 Å². The summed E-state index contributed by atoms with van der Waals surface area (Å²) in [5.74, 6) is -0.832. The topological polar surface area (TPSA) is 111 Å². The maximum Gasteiger partial charge on any atom is 0.306 e. The summed E-state index contributed by atoms with van der Waals surface area (Å²) in [4.78, 5) is 38.0. The molecule has 0 spiro atoms. The highest BCUT2D eigenvalue weighted by molar-refractivity contribution is 7.45. The van der Waals surface area contributed by atoms with Crippen molar-refractivity contribution in [2.75, 3.05) is 47.5 Å². The van der Waals surface area contributed by atoms with Gasteiger partial charge in [-0.1, -0.05) is 273 Å². The summed E-state index contributed by atoms with van der Waals surface area (Å²) >= 11 is 0. The van der Waals surface area contributed by atoms with E-state index in [1.807, 2.05) is 21.1 Å². The van der Waals surface area contributed by atoms with E-state index in [0.29, 0.717) is 17.4 Å². The van der Waals surface area contributed by atoms with Gasteiger partial charge in [-0.05, 0) is 83.5 Å². The number of nitrogens with zero attached hydrogens (tertiary/aromatic N) is 1. The van der Waals surface area contributed by atoms with Gasteiger partial charge in [0.05, 0.1) is 27.7 Å². The van der Waals surface area contributed by atoms with Gasteiger partial charge in [-0.25, -0.2) is 0 Å². The summed E-state index contributed by atoms with van der Waals surface area (Å²) < 4.78 is 34.3. The van der Waals surface area contributed by atoms with Crippen LogP contribution in [0.15, 0.2) is 72.9 Å². The lowest BCUT2D eigenvalue weighted by molar-refractivity contribution is -0.870. The van der Waals surface area contributed by atoms with Gasteiger partial charge in [0.15, 0.2) is 6.10 Å². The lowest BCUT2D eigenvalue weighted by Gasteiger charge is -2.28.